The molecule has 0 aliphatic heterocycles. The summed E-state index contributed by atoms with van der Waals surface area (Å²) in [5, 5.41) is 0. The lowest BCUT2D eigenvalue weighted by molar-refractivity contribution is 0.415. The van der Waals surface area contributed by atoms with Crippen molar-refractivity contribution >= 4 is 0 Å². The van der Waals surface area contributed by atoms with Crippen LogP contribution in [0, 0.1) is 0 Å². The third kappa shape index (κ3) is 2.49. The highest BCUT2D eigenvalue weighted by Gasteiger charge is 2.05. The zero-order valence-electron chi connectivity index (χ0n) is 11.0. The molecule has 0 saturated heterocycles. The number of hydrogen-bond acceptors (Lipinski definition) is 4. The van der Waals surface area contributed by atoms with Gasteiger partial charge >= 0.3 is 0 Å². The van der Waals surface area contributed by atoms with Crippen molar-refractivity contribution in [1.82, 2.24) is 15.0 Å². The van der Waals surface area contributed by atoms with E-state index in [2.05, 4.69) is 15.0 Å². The second-order valence-corrected chi connectivity index (χ2v) is 4.23. The Bertz CT molecular complexity index is 696. The van der Waals surface area contributed by atoms with Crippen LogP contribution in [0.5, 0.6) is 5.75 Å². The summed E-state index contributed by atoms with van der Waals surface area (Å²) in [4.78, 5) is 13.0. The highest BCUT2D eigenvalue weighted by atomic mass is 16.5. The molecule has 2 aromatic carbocycles. The molecule has 4 heteroatoms. The molecule has 3 aromatic rings. The molecule has 0 fully saturated rings. The van der Waals surface area contributed by atoms with E-state index in [1.807, 2.05) is 54.6 Å². The Morgan fingerprint density at radius 1 is 0.750 bits per heavy atom. The van der Waals surface area contributed by atoms with Crippen LogP contribution in [0.1, 0.15) is 0 Å². The third-order valence-electron chi connectivity index (χ3n) is 2.95. The van der Waals surface area contributed by atoms with Crippen LogP contribution in [0.25, 0.3) is 22.8 Å². The van der Waals surface area contributed by atoms with Crippen LogP contribution in [0.4, 0.5) is 0 Å². The Kier molecular flexibility index (Phi) is 3.37. The van der Waals surface area contributed by atoms with Crippen LogP contribution in [0.3, 0.4) is 0 Å². The van der Waals surface area contributed by atoms with E-state index in [4.69, 9.17) is 4.74 Å². The number of aromatic nitrogens is 3. The number of hydrogen-bond donors (Lipinski definition) is 0. The fraction of sp³-hybridized carbons (Fsp3) is 0.0625. The van der Waals surface area contributed by atoms with E-state index in [0.717, 1.165) is 16.9 Å². The van der Waals surface area contributed by atoms with Gasteiger partial charge in [0, 0.05) is 11.1 Å². The summed E-state index contributed by atoms with van der Waals surface area (Å²) in [5.74, 6) is 2.14. The summed E-state index contributed by atoms with van der Waals surface area (Å²) in [5.41, 5.74) is 1.91. The summed E-state index contributed by atoms with van der Waals surface area (Å²) in [6.45, 7) is 0. The Morgan fingerprint density at radius 2 is 1.35 bits per heavy atom. The van der Waals surface area contributed by atoms with E-state index in [9.17, 15) is 0 Å². The summed E-state index contributed by atoms with van der Waals surface area (Å²) < 4.78 is 5.14. The molecular formula is C16H13N3O. The van der Waals surface area contributed by atoms with Crippen LogP contribution in [-0.4, -0.2) is 22.1 Å². The minimum absolute atomic E-state index is 0.654. The van der Waals surface area contributed by atoms with Crippen molar-refractivity contribution < 1.29 is 4.74 Å². The minimum atomic E-state index is 0.654. The van der Waals surface area contributed by atoms with Gasteiger partial charge in [-0.3, -0.25) is 0 Å². The molecule has 0 saturated carbocycles. The van der Waals surface area contributed by atoms with Gasteiger partial charge < -0.3 is 4.74 Å². The molecule has 4 nitrogen and oxygen atoms in total. The highest BCUT2D eigenvalue weighted by Crippen LogP contribution is 2.21. The smallest absolute Gasteiger partial charge is 0.163 e. The molecule has 98 valence electrons. The van der Waals surface area contributed by atoms with E-state index in [0.29, 0.717) is 11.6 Å². The quantitative estimate of drug-likeness (QED) is 0.728. The monoisotopic (exact) mass is 263 g/mol. The minimum Gasteiger partial charge on any atom is -0.497 e. The molecule has 0 N–H and O–H groups in total. The Balaban J connectivity index is 1.98. The number of benzene rings is 2. The summed E-state index contributed by atoms with van der Waals surface area (Å²) in [6.07, 6.45) is 1.54. The molecule has 0 unspecified atom stereocenters. The van der Waals surface area contributed by atoms with Crippen LogP contribution >= 0.6 is 0 Å². The van der Waals surface area contributed by atoms with Gasteiger partial charge in [0.25, 0.3) is 0 Å². The molecule has 1 aromatic heterocycles. The fourth-order valence-electron chi connectivity index (χ4n) is 1.90. The van der Waals surface area contributed by atoms with Gasteiger partial charge in [0.1, 0.15) is 12.1 Å². The van der Waals surface area contributed by atoms with Crippen LogP contribution in [0.2, 0.25) is 0 Å². The van der Waals surface area contributed by atoms with Crippen LogP contribution in [0.15, 0.2) is 60.9 Å². The van der Waals surface area contributed by atoms with E-state index in [1.54, 1.807) is 7.11 Å². The maximum Gasteiger partial charge on any atom is 0.163 e. The molecule has 0 atom stereocenters. The summed E-state index contributed by atoms with van der Waals surface area (Å²) >= 11 is 0. The van der Waals surface area contributed by atoms with Crippen molar-refractivity contribution in [1.29, 1.82) is 0 Å². The number of ether oxygens (including phenoxy) is 1. The second kappa shape index (κ2) is 5.48. The standard InChI is InChI=1S/C16H13N3O/c1-20-14-9-7-13(8-10-14)16-18-11-17-15(19-16)12-5-3-2-4-6-12/h2-11H,1H3. The molecule has 1 heterocycles. The van der Waals surface area contributed by atoms with Crippen molar-refractivity contribution in [2.24, 2.45) is 0 Å². The molecule has 0 radical (unpaired) electrons. The van der Waals surface area contributed by atoms with Crippen molar-refractivity contribution in [3.8, 4) is 28.5 Å². The lowest BCUT2D eigenvalue weighted by atomic mass is 10.2. The van der Waals surface area contributed by atoms with Gasteiger partial charge in [-0.1, -0.05) is 30.3 Å². The highest BCUT2D eigenvalue weighted by molar-refractivity contribution is 5.60. The van der Waals surface area contributed by atoms with Crippen LogP contribution < -0.4 is 4.74 Å². The molecule has 0 spiro atoms. The Labute approximate surface area is 117 Å². The molecule has 3 rings (SSSR count). The largest absolute Gasteiger partial charge is 0.497 e. The maximum atomic E-state index is 5.14. The van der Waals surface area contributed by atoms with E-state index in [1.165, 1.54) is 6.33 Å². The molecule has 0 bridgehead atoms. The lowest BCUT2D eigenvalue weighted by Gasteiger charge is -2.04. The first kappa shape index (κ1) is 12.3. The molecule has 0 amide bonds. The molecule has 20 heavy (non-hydrogen) atoms. The van der Waals surface area contributed by atoms with Crippen molar-refractivity contribution in [2.75, 3.05) is 7.11 Å². The first-order chi connectivity index (χ1) is 9.86. The topological polar surface area (TPSA) is 47.9 Å². The predicted molar refractivity (Wildman–Crippen MR) is 77.3 cm³/mol. The zero-order valence-corrected chi connectivity index (χ0v) is 11.0. The molecular weight excluding hydrogens is 250 g/mol. The van der Waals surface area contributed by atoms with Gasteiger partial charge in [0.15, 0.2) is 11.6 Å². The van der Waals surface area contributed by atoms with Gasteiger partial charge in [-0.15, -0.1) is 0 Å². The number of methoxy groups -OCH3 is 1. The molecule has 0 aliphatic carbocycles. The van der Waals surface area contributed by atoms with Crippen LogP contribution in [-0.2, 0) is 0 Å². The van der Waals surface area contributed by atoms with E-state index < -0.39 is 0 Å². The van der Waals surface area contributed by atoms with Gasteiger partial charge in [-0.25, -0.2) is 15.0 Å². The first-order valence-electron chi connectivity index (χ1n) is 6.26. The van der Waals surface area contributed by atoms with Crippen molar-refractivity contribution in [3.63, 3.8) is 0 Å². The average Bonchev–Trinajstić information content (AvgIpc) is 2.56. The van der Waals surface area contributed by atoms with Crippen molar-refractivity contribution in [2.45, 2.75) is 0 Å². The maximum absolute atomic E-state index is 5.14. The summed E-state index contributed by atoms with van der Waals surface area (Å²) in [7, 11) is 1.64. The Hall–Kier alpha value is -2.75. The van der Waals surface area contributed by atoms with E-state index in [-0.39, 0.29) is 0 Å². The zero-order chi connectivity index (χ0) is 13.8. The first-order valence-corrected chi connectivity index (χ1v) is 6.26. The fourth-order valence-corrected chi connectivity index (χ4v) is 1.90. The number of rotatable bonds is 3. The van der Waals surface area contributed by atoms with E-state index >= 15 is 0 Å². The third-order valence-corrected chi connectivity index (χ3v) is 2.95. The normalized spacial score (nSPS) is 10.2. The summed E-state index contributed by atoms with van der Waals surface area (Å²) in [6, 6.07) is 17.5. The SMILES string of the molecule is COc1ccc(-c2ncnc(-c3ccccc3)n2)cc1. The van der Waals surface area contributed by atoms with Gasteiger partial charge in [-0.05, 0) is 24.3 Å². The van der Waals surface area contributed by atoms with Gasteiger partial charge in [-0.2, -0.15) is 0 Å². The predicted octanol–water partition coefficient (Wildman–Crippen LogP) is 3.21. The van der Waals surface area contributed by atoms with Crippen molar-refractivity contribution in [3.05, 3.63) is 60.9 Å². The Morgan fingerprint density at radius 3 is 1.95 bits per heavy atom. The average molecular weight is 263 g/mol. The molecule has 0 aliphatic rings. The van der Waals surface area contributed by atoms with Gasteiger partial charge in [0.05, 0.1) is 7.11 Å². The second-order valence-electron chi connectivity index (χ2n) is 4.23. The number of nitrogens with zero attached hydrogens (tertiary/aromatic N) is 3. The lowest BCUT2D eigenvalue weighted by Crippen LogP contribution is -1.95. The van der Waals surface area contributed by atoms with Gasteiger partial charge in [0.2, 0.25) is 0 Å².